The smallest absolute Gasteiger partial charge is 0.267 e. The van der Waals surface area contributed by atoms with E-state index < -0.39 is 67.9 Å². The minimum atomic E-state index is -1.96. The molecule has 0 spiro atoms. The van der Waals surface area contributed by atoms with Crippen molar-refractivity contribution < 1.29 is 31.5 Å². The van der Waals surface area contributed by atoms with Crippen molar-refractivity contribution >= 4 is 35.0 Å². The lowest BCUT2D eigenvalue weighted by molar-refractivity contribution is 0.0354. The molecule has 5 nitrogen and oxygen atoms in total. The molecule has 1 N–H and O–H groups in total. The molecule has 2 amide bonds. The van der Waals surface area contributed by atoms with Crippen LogP contribution in [-0.4, -0.2) is 27.3 Å². The van der Waals surface area contributed by atoms with Crippen molar-refractivity contribution in [2.75, 3.05) is 0 Å². The molecule has 0 unspecified atom stereocenters. The highest BCUT2D eigenvalue weighted by Crippen LogP contribution is 2.25. The third kappa shape index (κ3) is 4.59. The summed E-state index contributed by atoms with van der Waals surface area (Å²) in [5.74, 6) is -11.4. The first kappa shape index (κ1) is 22.8. The van der Waals surface area contributed by atoms with Crippen LogP contribution in [0.2, 0.25) is 10.3 Å². The number of amides is 2. The highest BCUT2D eigenvalue weighted by atomic mass is 35.5. The molecule has 0 atom stereocenters. The van der Waals surface area contributed by atoms with Gasteiger partial charge in [0.25, 0.3) is 11.8 Å². The number of aromatic nitrogens is 1. The van der Waals surface area contributed by atoms with E-state index in [4.69, 9.17) is 23.2 Å². The minimum Gasteiger partial charge on any atom is -0.267 e. The Morgan fingerprint density at radius 3 is 1.93 bits per heavy atom. The van der Waals surface area contributed by atoms with Crippen LogP contribution in [0.1, 0.15) is 41.5 Å². The van der Waals surface area contributed by atoms with Gasteiger partial charge in [-0.2, -0.15) is 0 Å². The Labute approximate surface area is 171 Å². The van der Waals surface area contributed by atoms with Gasteiger partial charge in [-0.15, -0.1) is 0 Å². The molecule has 0 radical (unpaired) electrons. The number of pyridine rings is 1. The average molecular weight is 456 g/mol. The second-order valence-electron chi connectivity index (χ2n) is 6.69. The number of rotatable bonds is 2. The maximum Gasteiger partial charge on any atom is 0.276 e. The van der Waals surface area contributed by atoms with Crippen LogP contribution in [0, 0.1) is 29.1 Å². The average Bonchev–Trinajstić information content (AvgIpc) is 2.59. The second kappa shape index (κ2) is 8.11. The van der Waals surface area contributed by atoms with E-state index in [1.54, 1.807) is 0 Å². The van der Waals surface area contributed by atoms with Crippen molar-refractivity contribution in [2.45, 2.75) is 26.3 Å². The van der Waals surface area contributed by atoms with E-state index >= 15 is 0 Å². The summed E-state index contributed by atoms with van der Waals surface area (Å²) in [4.78, 5) is 28.5. The third-order valence-electron chi connectivity index (χ3n) is 3.54. The molecule has 0 fully saturated rings. The first-order chi connectivity index (χ1) is 13.3. The molecule has 156 valence electrons. The van der Waals surface area contributed by atoms with Gasteiger partial charge in [-0.1, -0.05) is 23.2 Å². The zero-order valence-corrected chi connectivity index (χ0v) is 16.5. The summed E-state index contributed by atoms with van der Waals surface area (Å²) in [6.07, 6.45) is 0. The van der Waals surface area contributed by atoms with Gasteiger partial charge in [0.2, 0.25) is 0 Å². The van der Waals surface area contributed by atoms with Gasteiger partial charge in [-0.3, -0.25) is 15.0 Å². The van der Waals surface area contributed by atoms with Gasteiger partial charge < -0.3 is 0 Å². The van der Waals surface area contributed by atoms with Gasteiger partial charge in [0, 0.05) is 6.07 Å². The van der Waals surface area contributed by atoms with Crippen molar-refractivity contribution in [3.8, 4) is 0 Å². The molecular formula is C17H12Cl2F5N3O2. The molecular weight excluding hydrogens is 444 g/mol. The number of carbonyl (C=O) groups is 2. The molecule has 0 bridgehead atoms. The van der Waals surface area contributed by atoms with Crippen molar-refractivity contribution in [1.29, 1.82) is 0 Å². The summed E-state index contributed by atoms with van der Waals surface area (Å²) in [5.41, 5.74) is -1.52. The van der Waals surface area contributed by atoms with Crippen LogP contribution in [0.15, 0.2) is 12.1 Å². The number of hydrogen-bond acceptors (Lipinski definition) is 3. The Morgan fingerprint density at radius 2 is 1.45 bits per heavy atom. The van der Waals surface area contributed by atoms with Crippen LogP contribution >= 0.6 is 23.2 Å². The number of halogens is 7. The van der Waals surface area contributed by atoms with E-state index in [9.17, 15) is 31.5 Å². The number of nitrogens with zero attached hydrogens (tertiary/aromatic N) is 2. The van der Waals surface area contributed by atoms with Crippen LogP contribution in [0.3, 0.4) is 0 Å². The molecule has 2 rings (SSSR count). The molecule has 0 aliphatic rings. The Hall–Kier alpha value is -2.46. The summed E-state index contributed by atoms with van der Waals surface area (Å²) in [6.45, 7) is 4.20. The Balaban J connectivity index is 2.50. The fraction of sp³-hybridized carbons (Fsp3) is 0.235. The minimum absolute atomic E-state index is 0.0734. The topological polar surface area (TPSA) is 62.3 Å². The van der Waals surface area contributed by atoms with Gasteiger partial charge in [-0.25, -0.2) is 31.9 Å². The number of hydrogen-bond donors (Lipinski definition) is 1. The predicted molar refractivity (Wildman–Crippen MR) is 93.9 cm³/mol. The van der Waals surface area contributed by atoms with E-state index in [0.29, 0.717) is 11.1 Å². The first-order valence-electron chi connectivity index (χ1n) is 7.75. The molecule has 29 heavy (non-hydrogen) atoms. The standard InChI is InChI=1S/C17H12Cl2F5N3O2/c1-17(2,3)27(16(29)6-4-9(22)14(19)25-13(6)18)26-15(28)10-11(23)7(20)5-8(21)12(10)24/h4-5H,1-3H3,(H,26,28). The molecule has 1 aromatic heterocycles. The zero-order chi connectivity index (χ0) is 22.3. The molecule has 0 aliphatic heterocycles. The first-order valence-corrected chi connectivity index (χ1v) is 8.51. The molecule has 2 aromatic rings. The maximum atomic E-state index is 13.9. The number of benzene rings is 1. The van der Waals surface area contributed by atoms with Crippen molar-refractivity contribution in [3.63, 3.8) is 0 Å². The lowest BCUT2D eigenvalue weighted by Crippen LogP contribution is -2.56. The normalized spacial score (nSPS) is 11.4. The molecule has 12 heteroatoms. The van der Waals surface area contributed by atoms with Gasteiger partial charge in [-0.05, 0) is 26.8 Å². The summed E-state index contributed by atoms with van der Waals surface area (Å²) in [6, 6.07) is 0.573. The van der Waals surface area contributed by atoms with Crippen molar-refractivity contribution in [1.82, 2.24) is 15.4 Å². The van der Waals surface area contributed by atoms with Gasteiger partial charge >= 0.3 is 0 Å². The highest BCUT2D eigenvalue weighted by Gasteiger charge is 2.34. The molecule has 0 saturated carbocycles. The third-order valence-corrected chi connectivity index (χ3v) is 4.10. The predicted octanol–water partition coefficient (Wildman–Crippen LogP) is 4.67. The Bertz CT molecular complexity index is 986. The summed E-state index contributed by atoms with van der Waals surface area (Å²) >= 11 is 11.3. The second-order valence-corrected chi connectivity index (χ2v) is 7.41. The van der Waals surface area contributed by atoms with Crippen LogP contribution in [0.25, 0.3) is 0 Å². The molecule has 1 aromatic carbocycles. The van der Waals surface area contributed by atoms with Crippen LogP contribution < -0.4 is 5.43 Å². The zero-order valence-electron chi connectivity index (χ0n) is 15.0. The van der Waals surface area contributed by atoms with Crippen molar-refractivity contribution in [2.24, 2.45) is 0 Å². The van der Waals surface area contributed by atoms with Gasteiger partial charge in [0.05, 0.1) is 11.1 Å². The summed E-state index contributed by atoms with van der Waals surface area (Å²) < 4.78 is 68.3. The lowest BCUT2D eigenvalue weighted by Gasteiger charge is -2.35. The fourth-order valence-electron chi connectivity index (χ4n) is 2.17. The fourth-order valence-corrected chi connectivity index (χ4v) is 2.57. The summed E-state index contributed by atoms with van der Waals surface area (Å²) in [5, 5.41) is -0.580. The van der Waals surface area contributed by atoms with Crippen LogP contribution in [0.5, 0.6) is 0 Å². The van der Waals surface area contributed by atoms with E-state index in [2.05, 4.69) is 4.98 Å². The molecule has 0 aliphatic carbocycles. The molecule has 1 heterocycles. The maximum absolute atomic E-state index is 13.9. The van der Waals surface area contributed by atoms with Gasteiger partial charge in [0.1, 0.15) is 10.7 Å². The highest BCUT2D eigenvalue weighted by molar-refractivity contribution is 6.34. The number of carbonyl (C=O) groups excluding carboxylic acids is 2. The summed E-state index contributed by atoms with van der Waals surface area (Å²) in [7, 11) is 0. The van der Waals surface area contributed by atoms with E-state index in [-0.39, 0.29) is 6.07 Å². The number of hydrazine groups is 1. The van der Waals surface area contributed by atoms with Gasteiger partial charge in [0.15, 0.2) is 34.2 Å². The number of nitrogens with one attached hydrogen (secondary N) is 1. The monoisotopic (exact) mass is 455 g/mol. The lowest BCUT2D eigenvalue weighted by atomic mass is 10.1. The van der Waals surface area contributed by atoms with E-state index in [1.165, 1.54) is 20.8 Å². The largest absolute Gasteiger partial charge is 0.276 e. The van der Waals surface area contributed by atoms with E-state index in [0.717, 1.165) is 0 Å². The van der Waals surface area contributed by atoms with Crippen molar-refractivity contribution in [3.05, 3.63) is 62.7 Å². The van der Waals surface area contributed by atoms with Crippen LogP contribution in [-0.2, 0) is 0 Å². The van der Waals surface area contributed by atoms with E-state index in [1.807, 2.05) is 5.43 Å². The quantitative estimate of drug-likeness (QED) is 0.309. The van der Waals surface area contributed by atoms with Crippen LogP contribution in [0.4, 0.5) is 22.0 Å². The SMILES string of the molecule is CC(C)(C)N(NC(=O)c1c(F)c(F)cc(F)c1F)C(=O)c1cc(F)c(Cl)nc1Cl. The Kier molecular flexibility index (Phi) is 6.39. The molecule has 0 saturated heterocycles. The Morgan fingerprint density at radius 1 is 0.931 bits per heavy atom.